The fourth-order valence-corrected chi connectivity index (χ4v) is 2.45. The van der Waals surface area contributed by atoms with E-state index in [4.69, 9.17) is 14.9 Å². The lowest BCUT2D eigenvalue weighted by Gasteiger charge is -2.29. The number of benzene rings is 1. The summed E-state index contributed by atoms with van der Waals surface area (Å²) in [6.07, 6.45) is 2.03. The maximum atomic E-state index is 11.1. The fourth-order valence-electron chi connectivity index (χ4n) is 2.45. The highest BCUT2D eigenvalue weighted by molar-refractivity contribution is 5.90. The van der Waals surface area contributed by atoms with Crippen LogP contribution in [0.25, 0.3) is 0 Å². The van der Waals surface area contributed by atoms with Gasteiger partial charge in [-0.3, -0.25) is 4.90 Å². The van der Waals surface area contributed by atoms with Crippen LogP contribution in [0.1, 0.15) is 37.0 Å². The summed E-state index contributed by atoms with van der Waals surface area (Å²) in [5.74, 6) is -0.601. The van der Waals surface area contributed by atoms with Gasteiger partial charge >= 0.3 is 5.97 Å². The Morgan fingerprint density at radius 3 is 2.48 bits per heavy atom. The van der Waals surface area contributed by atoms with Gasteiger partial charge in [0, 0.05) is 19.1 Å². The van der Waals surface area contributed by atoms with Crippen molar-refractivity contribution in [3.8, 4) is 5.75 Å². The van der Waals surface area contributed by atoms with E-state index in [2.05, 4.69) is 18.7 Å². The maximum Gasteiger partial charge on any atom is 0.339 e. The predicted octanol–water partition coefficient (Wildman–Crippen LogP) is 2.25. The lowest BCUT2D eigenvalue weighted by molar-refractivity contribution is 0.0690. The van der Waals surface area contributed by atoms with Crippen molar-refractivity contribution in [2.45, 2.75) is 32.7 Å². The molecule has 0 bridgehead atoms. The molecule has 5 nitrogen and oxygen atoms in total. The van der Waals surface area contributed by atoms with E-state index in [1.54, 1.807) is 18.2 Å². The molecule has 0 aliphatic heterocycles. The van der Waals surface area contributed by atoms with Crippen molar-refractivity contribution in [1.82, 2.24) is 4.90 Å². The minimum atomic E-state index is -0.988. The van der Waals surface area contributed by atoms with Gasteiger partial charge in [-0.1, -0.05) is 26.0 Å². The minimum absolute atomic E-state index is 0.113. The molecule has 0 unspecified atom stereocenters. The molecular formula is C16H25NO4. The summed E-state index contributed by atoms with van der Waals surface area (Å²) in [6.45, 7) is 6.04. The summed E-state index contributed by atoms with van der Waals surface area (Å²) in [5.41, 5.74) is 0.175. The zero-order valence-electron chi connectivity index (χ0n) is 12.8. The third kappa shape index (κ3) is 5.36. The number of ether oxygens (including phenoxy) is 1. The number of carbonyl (C=O) groups is 1. The number of carboxylic acids is 1. The topological polar surface area (TPSA) is 70.0 Å². The third-order valence-corrected chi connectivity index (χ3v) is 3.60. The number of aliphatic hydroxyl groups excluding tert-OH is 1. The number of nitrogens with zero attached hydrogens (tertiary/aromatic N) is 1. The predicted molar refractivity (Wildman–Crippen MR) is 81.9 cm³/mol. The molecule has 0 heterocycles. The van der Waals surface area contributed by atoms with Gasteiger partial charge in [-0.2, -0.15) is 0 Å². The Bertz CT molecular complexity index is 432. The molecule has 1 rings (SSSR count). The smallest absolute Gasteiger partial charge is 0.339 e. The van der Waals surface area contributed by atoms with E-state index in [0.29, 0.717) is 31.5 Å². The number of aromatic carboxylic acids is 1. The van der Waals surface area contributed by atoms with Gasteiger partial charge in [-0.25, -0.2) is 4.79 Å². The van der Waals surface area contributed by atoms with Gasteiger partial charge in [0.1, 0.15) is 17.9 Å². The van der Waals surface area contributed by atoms with Crippen molar-refractivity contribution in [3.63, 3.8) is 0 Å². The number of carboxylic acid groups (broad SMARTS) is 1. The largest absolute Gasteiger partial charge is 0.491 e. The van der Waals surface area contributed by atoms with Gasteiger partial charge in [0.2, 0.25) is 0 Å². The Hall–Kier alpha value is -1.59. The van der Waals surface area contributed by atoms with E-state index in [-0.39, 0.29) is 12.2 Å². The van der Waals surface area contributed by atoms with E-state index in [9.17, 15) is 4.79 Å². The maximum absolute atomic E-state index is 11.1. The van der Waals surface area contributed by atoms with Crippen molar-refractivity contribution >= 4 is 5.97 Å². The quantitative estimate of drug-likeness (QED) is 0.693. The molecule has 0 atom stereocenters. The van der Waals surface area contributed by atoms with Crippen LogP contribution >= 0.6 is 0 Å². The Kier molecular flexibility index (Phi) is 7.79. The van der Waals surface area contributed by atoms with E-state index < -0.39 is 5.97 Å². The first-order chi connectivity index (χ1) is 10.1. The first-order valence-corrected chi connectivity index (χ1v) is 7.44. The molecule has 0 radical (unpaired) electrons. The highest BCUT2D eigenvalue weighted by atomic mass is 16.5. The van der Waals surface area contributed by atoms with Crippen LogP contribution in [0, 0.1) is 0 Å². The van der Waals surface area contributed by atoms with Gasteiger partial charge in [0.25, 0.3) is 0 Å². The van der Waals surface area contributed by atoms with Crippen LogP contribution in [-0.4, -0.2) is 53.4 Å². The lowest BCUT2D eigenvalue weighted by atomic mass is 10.1. The zero-order valence-corrected chi connectivity index (χ0v) is 12.8. The summed E-state index contributed by atoms with van der Waals surface area (Å²) >= 11 is 0. The molecule has 1 aromatic rings. The number of aliphatic hydroxyl groups is 1. The van der Waals surface area contributed by atoms with Crippen LogP contribution in [0.4, 0.5) is 0 Å². The van der Waals surface area contributed by atoms with E-state index in [0.717, 1.165) is 12.8 Å². The molecule has 2 N–H and O–H groups in total. The van der Waals surface area contributed by atoms with Gasteiger partial charge in [0.05, 0.1) is 6.61 Å². The minimum Gasteiger partial charge on any atom is -0.491 e. The highest BCUT2D eigenvalue weighted by Gasteiger charge is 2.15. The van der Waals surface area contributed by atoms with E-state index >= 15 is 0 Å². The zero-order chi connectivity index (χ0) is 15.7. The van der Waals surface area contributed by atoms with Crippen molar-refractivity contribution in [3.05, 3.63) is 29.8 Å². The van der Waals surface area contributed by atoms with Crippen LogP contribution < -0.4 is 4.74 Å². The molecule has 5 heteroatoms. The van der Waals surface area contributed by atoms with Crippen LogP contribution in [0.2, 0.25) is 0 Å². The summed E-state index contributed by atoms with van der Waals surface area (Å²) in [5, 5.41) is 18.2. The van der Waals surface area contributed by atoms with Crippen molar-refractivity contribution < 1.29 is 19.7 Å². The van der Waals surface area contributed by atoms with Crippen LogP contribution in [0.15, 0.2) is 24.3 Å². The van der Waals surface area contributed by atoms with Crippen LogP contribution in [0.5, 0.6) is 5.75 Å². The molecule has 0 aromatic heterocycles. The van der Waals surface area contributed by atoms with Crippen molar-refractivity contribution in [1.29, 1.82) is 0 Å². The summed E-state index contributed by atoms with van der Waals surface area (Å²) in [4.78, 5) is 13.3. The molecule has 0 spiro atoms. The Labute approximate surface area is 126 Å². The van der Waals surface area contributed by atoms with E-state index in [1.165, 1.54) is 6.07 Å². The monoisotopic (exact) mass is 295 g/mol. The Morgan fingerprint density at radius 2 is 1.90 bits per heavy atom. The molecule has 0 amide bonds. The second-order valence-electron chi connectivity index (χ2n) is 4.88. The molecule has 0 aliphatic rings. The van der Waals surface area contributed by atoms with E-state index in [1.807, 2.05) is 0 Å². The number of rotatable bonds is 10. The Balaban J connectivity index is 2.60. The van der Waals surface area contributed by atoms with Gasteiger partial charge in [0.15, 0.2) is 0 Å². The number of hydrogen-bond donors (Lipinski definition) is 2. The van der Waals surface area contributed by atoms with Gasteiger partial charge < -0.3 is 14.9 Å². The van der Waals surface area contributed by atoms with Gasteiger partial charge in [-0.05, 0) is 25.0 Å². The average Bonchev–Trinajstić information content (AvgIpc) is 2.48. The molecule has 21 heavy (non-hydrogen) atoms. The average molecular weight is 295 g/mol. The first-order valence-electron chi connectivity index (χ1n) is 7.44. The highest BCUT2D eigenvalue weighted by Crippen LogP contribution is 2.18. The summed E-state index contributed by atoms with van der Waals surface area (Å²) in [6, 6.07) is 7.05. The second-order valence-corrected chi connectivity index (χ2v) is 4.88. The standard InChI is InChI=1S/C16H25NO4/c1-3-13(4-2)17(9-11-18)10-12-21-15-8-6-5-7-14(15)16(19)20/h5-8,13,18H,3-4,9-12H2,1-2H3,(H,19,20). The summed E-state index contributed by atoms with van der Waals surface area (Å²) < 4.78 is 5.61. The fraction of sp³-hybridized carbons (Fsp3) is 0.562. The number of hydrogen-bond acceptors (Lipinski definition) is 4. The third-order valence-electron chi connectivity index (χ3n) is 3.60. The molecule has 0 saturated heterocycles. The molecule has 1 aromatic carbocycles. The molecule has 118 valence electrons. The molecular weight excluding hydrogens is 270 g/mol. The molecule has 0 fully saturated rings. The second kappa shape index (κ2) is 9.37. The Morgan fingerprint density at radius 1 is 1.24 bits per heavy atom. The van der Waals surface area contributed by atoms with Crippen molar-refractivity contribution in [2.75, 3.05) is 26.3 Å². The van der Waals surface area contributed by atoms with Gasteiger partial charge in [-0.15, -0.1) is 0 Å². The molecule has 0 saturated carbocycles. The SMILES string of the molecule is CCC(CC)N(CCO)CCOc1ccccc1C(=O)O. The lowest BCUT2D eigenvalue weighted by Crippen LogP contribution is -2.39. The van der Waals surface area contributed by atoms with Crippen molar-refractivity contribution in [2.24, 2.45) is 0 Å². The first kappa shape index (κ1) is 17.5. The van der Waals surface area contributed by atoms with Crippen LogP contribution in [-0.2, 0) is 0 Å². The summed E-state index contributed by atoms with van der Waals surface area (Å²) in [7, 11) is 0. The molecule has 0 aliphatic carbocycles. The normalized spacial score (nSPS) is 11.1. The van der Waals surface area contributed by atoms with Crippen LogP contribution in [0.3, 0.4) is 0 Å². The number of para-hydroxylation sites is 1.